The minimum atomic E-state index is -1.27. The van der Waals surface area contributed by atoms with Crippen molar-refractivity contribution in [1.82, 2.24) is 4.57 Å². The standard InChI is InChI=1S/C18H22N2O5.C2H6/c1-4-15(21)19-13-11-20(14-10-8-7-9-12(13)14)16(17(22)24-5-2)18(23)25-6-3;1-2/h7-11,16H,4-6H2,1-3H3,(H,19,21);1-2H3. The van der Waals surface area contributed by atoms with E-state index in [1.165, 1.54) is 4.57 Å². The predicted octanol–water partition coefficient (Wildman–Crippen LogP) is 3.68. The predicted molar refractivity (Wildman–Crippen MR) is 105 cm³/mol. The van der Waals surface area contributed by atoms with Crippen LogP contribution in [0, 0.1) is 0 Å². The summed E-state index contributed by atoms with van der Waals surface area (Å²) in [4.78, 5) is 36.5. The number of fused-ring (bicyclic) bond motifs is 1. The van der Waals surface area contributed by atoms with Gasteiger partial charge in [0.2, 0.25) is 11.9 Å². The van der Waals surface area contributed by atoms with Crippen LogP contribution in [0.1, 0.15) is 47.1 Å². The second-order valence-electron chi connectivity index (χ2n) is 5.28. The van der Waals surface area contributed by atoms with Gasteiger partial charge in [-0.25, -0.2) is 9.59 Å². The van der Waals surface area contributed by atoms with Gasteiger partial charge < -0.3 is 19.4 Å². The molecule has 1 N–H and O–H groups in total. The molecule has 7 heteroatoms. The largest absolute Gasteiger partial charge is 0.464 e. The molecule has 0 saturated heterocycles. The summed E-state index contributed by atoms with van der Waals surface area (Å²) in [5, 5.41) is 3.51. The minimum Gasteiger partial charge on any atom is -0.464 e. The molecule has 7 nitrogen and oxygen atoms in total. The Hall–Kier alpha value is -2.83. The van der Waals surface area contributed by atoms with Gasteiger partial charge in [0.1, 0.15) is 0 Å². The first-order valence-corrected chi connectivity index (χ1v) is 9.26. The Kier molecular flexibility index (Phi) is 9.05. The number of rotatable bonds is 7. The highest BCUT2D eigenvalue weighted by Gasteiger charge is 2.33. The van der Waals surface area contributed by atoms with E-state index in [0.717, 1.165) is 5.39 Å². The number of carbonyl (C=O) groups excluding carboxylic acids is 3. The zero-order chi connectivity index (χ0) is 20.4. The van der Waals surface area contributed by atoms with Gasteiger partial charge in [-0.1, -0.05) is 39.0 Å². The molecular formula is C20H28N2O5. The Morgan fingerprint density at radius 3 is 2.07 bits per heavy atom. The van der Waals surface area contributed by atoms with Gasteiger partial charge in [-0.3, -0.25) is 4.79 Å². The van der Waals surface area contributed by atoms with E-state index in [1.54, 1.807) is 39.1 Å². The molecule has 0 radical (unpaired) electrons. The lowest BCUT2D eigenvalue weighted by molar-refractivity contribution is -0.160. The molecule has 0 saturated carbocycles. The zero-order valence-corrected chi connectivity index (χ0v) is 16.6. The van der Waals surface area contributed by atoms with Gasteiger partial charge in [0, 0.05) is 18.0 Å². The smallest absolute Gasteiger partial charge is 0.340 e. The number of para-hydroxylation sites is 1. The van der Waals surface area contributed by atoms with Crippen molar-refractivity contribution < 1.29 is 23.9 Å². The van der Waals surface area contributed by atoms with E-state index >= 15 is 0 Å². The van der Waals surface area contributed by atoms with Gasteiger partial charge >= 0.3 is 11.9 Å². The fourth-order valence-corrected chi connectivity index (χ4v) is 2.52. The molecule has 2 rings (SSSR count). The Labute approximate surface area is 159 Å². The van der Waals surface area contributed by atoms with E-state index in [2.05, 4.69) is 5.32 Å². The summed E-state index contributed by atoms with van der Waals surface area (Å²) in [7, 11) is 0. The Balaban J connectivity index is 0.00000176. The van der Waals surface area contributed by atoms with E-state index in [9.17, 15) is 14.4 Å². The van der Waals surface area contributed by atoms with Crippen LogP contribution in [0.3, 0.4) is 0 Å². The summed E-state index contributed by atoms with van der Waals surface area (Å²) in [5.41, 5.74) is 1.15. The van der Waals surface area contributed by atoms with Crippen LogP contribution in [0.4, 0.5) is 5.69 Å². The number of hydrogen-bond acceptors (Lipinski definition) is 5. The average molecular weight is 376 g/mol. The zero-order valence-electron chi connectivity index (χ0n) is 16.6. The third-order valence-electron chi connectivity index (χ3n) is 3.63. The van der Waals surface area contributed by atoms with Crippen molar-refractivity contribution in [3.05, 3.63) is 30.5 Å². The summed E-state index contributed by atoms with van der Waals surface area (Å²) in [6, 6.07) is 5.92. The number of anilines is 1. The van der Waals surface area contributed by atoms with Crippen molar-refractivity contribution in [3.63, 3.8) is 0 Å². The van der Waals surface area contributed by atoms with Crippen molar-refractivity contribution in [2.24, 2.45) is 0 Å². The molecule has 0 aliphatic rings. The summed E-state index contributed by atoms with van der Waals surface area (Å²) in [6.07, 6.45) is 1.88. The van der Waals surface area contributed by atoms with Gasteiger partial charge in [0.05, 0.1) is 24.4 Å². The summed E-state index contributed by atoms with van der Waals surface area (Å²) >= 11 is 0. The first-order valence-electron chi connectivity index (χ1n) is 9.26. The van der Waals surface area contributed by atoms with Crippen LogP contribution in [0.5, 0.6) is 0 Å². The van der Waals surface area contributed by atoms with Crippen LogP contribution >= 0.6 is 0 Å². The van der Waals surface area contributed by atoms with Crippen LogP contribution in [-0.2, 0) is 23.9 Å². The SMILES string of the molecule is CC.CCOC(=O)C(C(=O)OCC)n1cc(NC(=O)CC)c2ccccc21. The Bertz CT molecular complexity index is 764. The normalized spacial score (nSPS) is 10.1. The van der Waals surface area contributed by atoms with Crippen molar-refractivity contribution in [3.8, 4) is 0 Å². The molecule has 0 fully saturated rings. The minimum absolute atomic E-state index is 0.146. The monoisotopic (exact) mass is 376 g/mol. The van der Waals surface area contributed by atoms with Gasteiger partial charge in [-0.15, -0.1) is 0 Å². The molecule has 0 bridgehead atoms. The molecule has 1 heterocycles. The van der Waals surface area contributed by atoms with Gasteiger partial charge in [0.15, 0.2) is 0 Å². The fraction of sp³-hybridized carbons (Fsp3) is 0.450. The molecule has 0 aliphatic carbocycles. The molecule has 0 atom stereocenters. The lowest BCUT2D eigenvalue weighted by atomic mass is 10.2. The van der Waals surface area contributed by atoms with E-state index in [4.69, 9.17) is 9.47 Å². The summed E-state index contributed by atoms with van der Waals surface area (Å²) in [5.74, 6) is -1.56. The molecule has 1 aromatic carbocycles. The second kappa shape index (κ2) is 11.0. The lowest BCUT2D eigenvalue weighted by Gasteiger charge is -2.17. The number of aromatic nitrogens is 1. The molecule has 148 valence electrons. The van der Waals surface area contributed by atoms with Crippen LogP contribution in [0.2, 0.25) is 0 Å². The first kappa shape index (κ1) is 22.2. The van der Waals surface area contributed by atoms with Crippen molar-refractivity contribution in [2.75, 3.05) is 18.5 Å². The molecular weight excluding hydrogens is 348 g/mol. The van der Waals surface area contributed by atoms with Gasteiger partial charge in [0.25, 0.3) is 0 Å². The highest BCUT2D eigenvalue weighted by Crippen LogP contribution is 2.30. The van der Waals surface area contributed by atoms with Crippen LogP contribution in [0.25, 0.3) is 10.9 Å². The van der Waals surface area contributed by atoms with E-state index in [0.29, 0.717) is 17.6 Å². The topological polar surface area (TPSA) is 86.6 Å². The number of nitrogens with one attached hydrogen (secondary N) is 1. The molecule has 0 spiro atoms. The van der Waals surface area contributed by atoms with Gasteiger partial charge in [-0.2, -0.15) is 0 Å². The van der Waals surface area contributed by atoms with Crippen LogP contribution < -0.4 is 5.32 Å². The van der Waals surface area contributed by atoms with E-state index in [1.807, 2.05) is 26.0 Å². The number of carbonyl (C=O) groups is 3. The number of hydrogen-bond donors (Lipinski definition) is 1. The third kappa shape index (κ3) is 5.32. The van der Waals surface area contributed by atoms with E-state index in [-0.39, 0.29) is 19.1 Å². The third-order valence-corrected chi connectivity index (χ3v) is 3.63. The van der Waals surface area contributed by atoms with E-state index < -0.39 is 18.0 Å². The highest BCUT2D eigenvalue weighted by molar-refractivity contribution is 6.04. The van der Waals surface area contributed by atoms with Crippen LogP contribution in [0.15, 0.2) is 30.5 Å². The molecule has 27 heavy (non-hydrogen) atoms. The molecule has 1 amide bonds. The van der Waals surface area contributed by atoms with Crippen molar-refractivity contribution in [2.45, 2.75) is 47.1 Å². The lowest BCUT2D eigenvalue weighted by Crippen LogP contribution is -2.30. The molecule has 0 unspecified atom stereocenters. The van der Waals surface area contributed by atoms with Crippen molar-refractivity contribution in [1.29, 1.82) is 0 Å². The number of amides is 1. The maximum absolute atomic E-state index is 12.4. The Morgan fingerprint density at radius 2 is 1.56 bits per heavy atom. The second-order valence-corrected chi connectivity index (χ2v) is 5.28. The molecule has 1 aromatic heterocycles. The number of nitrogens with zero attached hydrogens (tertiary/aromatic N) is 1. The van der Waals surface area contributed by atoms with Crippen LogP contribution in [-0.4, -0.2) is 35.6 Å². The number of ether oxygens (including phenoxy) is 2. The molecule has 2 aromatic rings. The highest BCUT2D eigenvalue weighted by atomic mass is 16.6. The summed E-state index contributed by atoms with van der Waals surface area (Å²) in [6.45, 7) is 9.37. The number of benzene rings is 1. The maximum atomic E-state index is 12.4. The number of esters is 2. The summed E-state index contributed by atoms with van der Waals surface area (Å²) < 4.78 is 11.6. The Morgan fingerprint density at radius 1 is 1.00 bits per heavy atom. The first-order chi connectivity index (χ1) is 13.0. The fourth-order valence-electron chi connectivity index (χ4n) is 2.52. The van der Waals surface area contributed by atoms with Gasteiger partial charge in [-0.05, 0) is 19.9 Å². The maximum Gasteiger partial charge on any atom is 0.340 e. The van der Waals surface area contributed by atoms with Crippen molar-refractivity contribution >= 4 is 34.4 Å². The quantitative estimate of drug-likeness (QED) is 0.588. The molecule has 0 aliphatic heterocycles. The average Bonchev–Trinajstić information content (AvgIpc) is 3.02.